The van der Waals surface area contributed by atoms with Crippen molar-refractivity contribution in [2.24, 2.45) is 11.3 Å². The monoisotopic (exact) mass is 1310 g/mol. The van der Waals surface area contributed by atoms with Crippen molar-refractivity contribution in [1.29, 1.82) is 0 Å². The Labute approximate surface area is 554 Å². The molecule has 0 N–H and O–H groups in total. The van der Waals surface area contributed by atoms with Crippen LogP contribution in [0.15, 0.2) is 121 Å². The van der Waals surface area contributed by atoms with Gasteiger partial charge in [0.15, 0.2) is 0 Å². The van der Waals surface area contributed by atoms with E-state index in [-0.39, 0.29) is 22.5 Å². The van der Waals surface area contributed by atoms with E-state index in [1.807, 2.05) is 97.1 Å². The minimum absolute atomic E-state index is 0.0431. The second-order valence-corrected chi connectivity index (χ2v) is 19.6. The van der Waals surface area contributed by atoms with Gasteiger partial charge in [-0.05, 0) is 41.8 Å². The molecule has 4 rings (SSSR count). The summed E-state index contributed by atoms with van der Waals surface area (Å²) in [4.78, 5) is 0. The maximum Gasteiger partial charge on any atom is 0.145 e. The van der Waals surface area contributed by atoms with Crippen molar-refractivity contribution in [3.8, 4) is 11.5 Å². The first kappa shape index (κ1) is 103. The first-order valence-electron chi connectivity index (χ1n) is 29.2. The van der Waals surface area contributed by atoms with Gasteiger partial charge < -0.3 is 99.5 Å². The summed E-state index contributed by atoms with van der Waals surface area (Å²) in [5, 5.41) is 0. The molecular weight excluding hydrogens is 1180 g/mol. The second kappa shape index (κ2) is 83.7. The SMILES string of the molecule is CCC(COC)(COC)OC.COC.COC.COC.COC.COCC(COC)(COC)COC.COCC(COC)COC.COCC(COC)OC.COCOC.COc1ccc(C(C)(C)c2ccc(OC)cc2)cc1.c1ccccc1.c1ccccc1. The molecule has 4 aromatic carbocycles. The van der Waals surface area contributed by atoms with Crippen LogP contribution in [0.4, 0.5) is 0 Å². The first-order chi connectivity index (χ1) is 43.8. The molecule has 0 saturated heterocycles. The predicted octanol–water partition coefficient (Wildman–Crippen LogP) is 11.2. The number of ether oxygens (including phenoxy) is 21. The zero-order valence-corrected chi connectivity index (χ0v) is 62.0. The second-order valence-electron chi connectivity index (χ2n) is 19.6. The van der Waals surface area contributed by atoms with Crippen LogP contribution in [0.5, 0.6) is 11.5 Å². The average Bonchev–Trinajstić information content (AvgIpc) is 0.933. The van der Waals surface area contributed by atoms with E-state index >= 15 is 0 Å². The Balaban J connectivity index is -0.000000144. The van der Waals surface area contributed by atoms with Gasteiger partial charge in [0.05, 0.1) is 92.3 Å². The third kappa shape index (κ3) is 69.9. The Hall–Kier alpha value is -4.28. The lowest BCUT2D eigenvalue weighted by Crippen LogP contribution is -2.40. The predicted molar refractivity (Wildman–Crippen MR) is 369 cm³/mol. The van der Waals surface area contributed by atoms with Gasteiger partial charge in [-0.1, -0.05) is 118 Å². The molecule has 0 aliphatic heterocycles. The molecule has 4 aromatic rings. The largest absolute Gasteiger partial charge is 0.497 e. The molecule has 21 nitrogen and oxygen atoms in total. The van der Waals surface area contributed by atoms with E-state index in [9.17, 15) is 0 Å². The van der Waals surface area contributed by atoms with E-state index in [1.165, 1.54) is 11.1 Å². The molecule has 0 amide bonds. The fourth-order valence-electron chi connectivity index (χ4n) is 6.99. The van der Waals surface area contributed by atoms with Crippen LogP contribution < -0.4 is 9.47 Å². The Bertz CT molecular complexity index is 1610. The summed E-state index contributed by atoms with van der Waals surface area (Å²) in [7, 11) is 41.2. The molecule has 0 spiro atoms. The fourth-order valence-corrected chi connectivity index (χ4v) is 6.99. The van der Waals surface area contributed by atoms with Crippen LogP contribution in [0.3, 0.4) is 0 Å². The van der Waals surface area contributed by atoms with Gasteiger partial charge in [0, 0.05) is 175 Å². The summed E-state index contributed by atoms with van der Waals surface area (Å²) in [6.45, 7) is 13.6. The maximum atomic E-state index is 5.32. The van der Waals surface area contributed by atoms with Crippen molar-refractivity contribution in [3.63, 3.8) is 0 Å². The molecule has 0 unspecified atom stereocenters. The molecule has 0 radical (unpaired) electrons. The highest BCUT2D eigenvalue weighted by Gasteiger charge is 2.31. The smallest absolute Gasteiger partial charge is 0.145 e. The molecule has 538 valence electrons. The van der Waals surface area contributed by atoms with Gasteiger partial charge in [0.2, 0.25) is 0 Å². The van der Waals surface area contributed by atoms with Gasteiger partial charge in [0.1, 0.15) is 30.0 Å². The van der Waals surface area contributed by atoms with E-state index in [1.54, 1.807) is 178 Å². The molecule has 0 bridgehead atoms. The van der Waals surface area contributed by atoms with E-state index in [0.29, 0.717) is 85.4 Å². The molecule has 21 heteroatoms. The Morgan fingerprint density at radius 1 is 0.308 bits per heavy atom. The number of rotatable bonds is 31. The van der Waals surface area contributed by atoms with Crippen LogP contribution in [0.25, 0.3) is 0 Å². The minimum atomic E-state index is -0.260. The van der Waals surface area contributed by atoms with Crippen LogP contribution in [-0.4, -0.2) is 269 Å². The van der Waals surface area contributed by atoms with Crippen LogP contribution in [0.1, 0.15) is 38.3 Å². The summed E-state index contributed by atoms with van der Waals surface area (Å²) < 4.78 is 102. The van der Waals surface area contributed by atoms with Gasteiger partial charge in [0.25, 0.3) is 0 Å². The Kier molecular flexibility index (Phi) is 94.6. The molecule has 0 aromatic heterocycles. The summed E-state index contributed by atoms with van der Waals surface area (Å²) in [5.41, 5.74) is 2.03. The number of benzene rings is 4. The number of methoxy groups -OCH3 is 21. The lowest BCUT2D eigenvalue weighted by atomic mass is 9.78. The zero-order valence-electron chi connectivity index (χ0n) is 62.0. The minimum Gasteiger partial charge on any atom is -0.497 e. The van der Waals surface area contributed by atoms with Crippen molar-refractivity contribution in [2.75, 3.05) is 257 Å². The lowest BCUT2D eigenvalue weighted by Gasteiger charge is -2.30. The lowest BCUT2D eigenvalue weighted by molar-refractivity contribution is -0.105. The Morgan fingerprint density at radius 3 is 0.703 bits per heavy atom. The van der Waals surface area contributed by atoms with Gasteiger partial charge in [-0.2, -0.15) is 0 Å². The molecule has 0 atom stereocenters. The average molecular weight is 1310 g/mol. The topological polar surface area (TPSA) is 194 Å². The van der Waals surface area contributed by atoms with Crippen LogP contribution in [-0.2, 0) is 95.4 Å². The fraction of sp³-hybridized carbons (Fsp3) is 0.657. The number of hydrogen-bond donors (Lipinski definition) is 0. The highest BCUT2D eigenvalue weighted by molar-refractivity contribution is 5.41. The standard InChI is InChI=1S/C17H20O2.C9H20O4.C8H18O3.C7H16O3.C6H14O3.2C6H6.C3H8O2.4C2H6O/c1-17(2,13-5-9-15(18-3)10-6-13)14-7-11-16(19-4)12-8-14;1-10-5-9(6-11-2,7-12-3)8-13-4;1-5-8(11-4,6-9-2)7-10-3;1-8-4-7(5-9-2)6-10-3;1-7-4-6(9-3)5-8-2;2*1-2-4-6-5-3-1;1-4-3-5-2;4*1-3-2/h5-12H,1-4H3;5-8H2,1-4H3;5-7H2,1-4H3;7H,4-6H2,1-3H3;6H,4-5H2,1-3H3;2*1-6H;3H2,1-2H3;4*1-2H3. The molecule has 0 heterocycles. The summed E-state index contributed by atoms with van der Waals surface area (Å²) in [6.07, 6.45) is 0.963. The molecular formula is C70H132O21. The van der Waals surface area contributed by atoms with Crippen LogP contribution >= 0.6 is 0 Å². The third-order valence-corrected chi connectivity index (χ3v) is 11.1. The summed E-state index contributed by atoms with van der Waals surface area (Å²) >= 11 is 0. The maximum absolute atomic E-state index is 5.32. The highest BCUT2D eigenvalue weighted by atomic mass is 16.6. The molecule has 0 aliphatic carbocycles. The van der Waals surface area contributed by atoms with Crippen molar-refractivity contribution < 1.29 is 99.5 Å². The Morgan fingerprint density at radius 2 is 0.549 bits per heavy atom. The summed E-state index contributed by atoms with van der Waals surface area (Å²) in [6, 6.07) is 40.5. The van der Waals surface area contributed by atoms with E-state index < -0.39 is 0 Å². The van der Waals surface area contributed by atoms with Crippen LogP contribution in [0, 0.1) is 11.3 Å². The van der Waals surface area contributed by atoms with E-state index in [0.717, 1.165) is 17.9 Å². The van der Waals surface area contributed by atoms with Crippen LogP contribution in [0.2, 0.25) is 0 Å². The van der Waals surface area contributed by atoms with Crippen molar-refractivity contribution in [3.05, 3.63) is 132 Å². The third-order valence-electron chi connectivity index (χ3n) is 11.1. The normalized spacial score (nSPS) is 10.0. The van der Waals surface area contributed by atoms with E-state index in [2.05, 4.69) is 73.5 Å². The molecule has 0 fully saturated rings. The van der Waals surface area contributed by atoms with Crippen molar-refractivity contribution in [2.45, 2.75) is 44.3 Å². The van der Waals surface area contributed by atoms with Gasteiger partial charge in [-0.3, -0.25) is 0 Å². The van der Waals surface area contributed by atoms with E-state index in [4.69, 9.17) is 71.1 Å². The van der Waals surface area contributed by atoms with Gasteiger partial charge in [-0.25, -0.2) is 0 Å². The molecule has 0 saturated carbocycles. The summed E-state index contributed by atoms with van der Waals surface area (Å²) in [5.74, 6) is 2.13. The quantitative estimate of drug-likeness (QED) is 0.0431. The van der Waals surface area contributed by atoms with Gasteiger partial charge in [-0.15, -0.1) is 0 Å². The highest BCUT2D eigenvalue weighted by Crippen LogP contribution is 2.33. The van der Waals surface area contributed by atoms with Crippen molar-refractivity contribution in [1.82, 2.24) is 0 Å². The molecule has 91 heavy (non-hydrogen) atoms. The first-order valence-corrected chi connectivity index (χ1v) is 29.2. The molecule has 0 aliphatic rings. The van der Waals surface area contributed by atoms with Gasteiger partial charge >= 0.3 is 0 Å². The zero-order chi connectivity index (χ0) is 71.1. The van der Waals surface area contributed by atoms with Crippen molar-refractivity contribution >= 4 is 0 Å². The number of hydrogen-bond acceptors (Lipinski definition) is 21.